The molecule has 1 heterocycles. The summed E-state index contributed by atoms with van der Waals surface area (Å²) < 4.78 is 0. The van der Waals surface area contributed by atoms with E-state index in [9.17, 15) is 0 Å². The molecule has 1 aromatic heterocycles. The highest BCUT2D eigenvalue weighted by Crippen LogP contribution is 2.30. The number of anilines is 2. The lowest BCUT2D eigenvalue weighted by Gasteiger charge is -2.09. The van der Waals surface area contributed by atoms with Gasteiger partial charge in [0, 0.05) is 28.2 Å². The van der Waals surface area contributed by atoms with Gasteiger partial charge in [-0.15, -0.1) is 0 Å². The minimum absolute atomic E-state index is 0.990. The van der Waals surface area contributed by atoms with Crippen molar-refractivity contribution < 1.29 is 0 Å². The fourth-order valence-electron chi connectivity index (χ4n) is 0.957. The molecule has 72 valence electrons. The van der Waals surface area contributed by atoms with E-state index >= 15 is 0 Å². The molecule has 0 aliphatic heterocycles. The molecule has 0 amide bonds. The molecule has 0 saturated carbocycles. The Morgan fingerprint density at radius 2 is 1.85 bits per heavy atom. The monoisotopic (exact) mass is 197 g/mol. The van der Waals surface area contributed by atoms with Crippen LogP contribution >= 0.6 is 11.3 Å². The average Bonchev–Trinajstić information content (AvgIpc) is 2.47. The SMILES string of the molecule is C=Cc1sc(N(C)C)nc1N(C)C. The zero-order valence-corrected chi connectivity index (χ0v) is 9.35. The molecule has 3 nitrogen and oxygen atoms in total. The highest BCUT2D eigenvalue weighted by molar-refractivity contribution is 7.17. The Bertz CT molecular complexity index is 302. The average molecular weight is 197 g/mol. The van der Waals surface area contributed by atoms with Gasteiger partial charge in [-0.3, -0.25) is 0 Å². The zero-order chi connectivity index (χ0) is 10.0. The summed E-state index contributed by atoms with van der Waals surface area (Å²) in [5, 5.41) is 1.01. The van der Waals surface area contributed by atoms with E-state index in [1.165, 1.54) is 0 Å². The molecule has 0 unspecified atom stereocenters. The molecule has 0 bridgehead atoms. The summed E-state index contributed by atoms with van der Waals surface area (Å²) in [5.74, 6) is 0.990. The molecule has 4 heteroatoms. The normalized spacial score (nSPS) is 9.85. The van der Waals surface area contributed by atoms with Crippen molar-refractivity contribution in [1.29, 1.82) is 0 Å². The van der Waals surface area contributed by atoms with Crippen molar-refractivity contribution in [1.82, 2.24) is 4.98 Å². The molecule has 0 radical (unpaired) electrons. The number of nitrogens with zero attached hydrogens (tertiary/aromatic N) is 3. The Labute approximate surface area is 83.3 Å². The fourth-order valence-corrected chi connectivity index (χ4v) is 1.87. The standard InChI is InChI=1S/C9H15N3S/c1-6-7-8(11(2)3)10-9(13-7)12(4)5/h6H,1H2,2-5H3. The van der Waals surface area contributed by atoms with Gasteiger partial charge < -0.3 is 9.80 Å². The molecule has 0 aliphatic rings. The Morgan fingerprint density at radius 1 is 1.23 bits per heavy atom. The molecular formula is C9H15N3S. The third kappa shape index (κ3) is 2.01. The van der Waals surface area contributed by atoms with Crippen LogP contribution in [-0.2, 0) is 0 Å². The first-order chi connectivity index (χ1) is 6.06. The van der Waals surface area contributed by atoms with Crippen LogP contribution in [0.4, 0.5) is 10.9 Å². The first-order valence-electron chi connectivity index (χ1n) is 4.04. The highest BCUT2D eigenvalue weighted by Gasteiger charge is 2.10. The third-order valence-electron chi connectivity index (χ3n) is 1.61. The van der Waals surface area contributed by atoms with Crippen LogP contribution < -0.4 is 9.80 Å². The Morgan fingerprint density at radius 3 is 2.15 bits per heavy atom. The van der Waals surface area contributed by atoms with E-state index in [0.29, 0.717) is 0 Å². The summed E-state index contributed by atoms with van der Waals surface area (Å²) in [6, 6.07) is 0. The van der Waals surface area contributed by atoms with Crippen LogP contribution in [0.3, 0.4) is 0 Å². The summed E-state index contributed by atoms with van der Waals surface area (Å²) >= 11 is 1.65. The predicted octanol–water partition coefficient (Wildman–Crippen LogP) is 1.92. The van der Waals surface area contributed by atoms with Gasteiger partial charge in [-0.2, -0.15) is 0 Å². The van der Waals surface area contributed by atoms with Crippen molar-refractivity contribution in [2.45, 2.75) is 0 Å². The molecule has 1 aromatic rings. The maximum Gasteiger partial charge on any atom is 0.187 e. The Balaban J connectivity index is 3.11. The quantitative estimate of drug-likeness (QED) is 0.738. The maximum absolute atomic E-state index is 4.48. The molecule has 1 rings (SSSR count). The van der Waals surface area contributed by atoms with Crippen molar-refractivity contribution in [2.75, 3.05) is 38.0 Å². The van der Waals surface area contributed by atoms with Gasteiger partial charge >= 0.3 is 0 Å². The zero-order valence-electron chi connectivity index (χ0n) is 8.53. The summed E-state index contributed by atoms with van der Waals surface area (Å²) in [5.41, 5.74) is 0. The van der Waals surface area contributed by atoms with Crippen molar-refractivity contribution in [3.05, 3.63) is 11.5 Å². The van der Waals surface area contributed by atoms with Gasteiger partial charge in [0.25, 0.3) is 0 Å². The van der Waals surface area contributed by atoms with Crippen molar-refractivity contribution in [3.63, 3.8) is 0 Å². The summed E-state index contributed by atoms with van der Waals surface area (Å²) in [7, 11) is 7.96. The fraction of sp³-hybridized carbons (Fsp3) is 0.444. The van der Waals surface area contributed by atoms with Crippen molar-refractivity contribution >= 4 is 28.4 Å². The van der Waals surface area contributed by atoms with Gasteiger partial charge in [0.2, 0.25) is 0 Å². The predicted molar refractivity (Wildman–Crippen MR) is 60.9 cm³/mol. The number of aromatic nitrogens is 1. The van der Waals surface area contributed by atoms with Gasteiger partial charge in [0.1, 0.15) is 5.82 Å². The van der Waals surface area contributed by atoms with E-state index in [-0.39, 0.29) is 0 Å². The maximum atomic E-state index is 4.48. The van der Waals surface area contributed by atoms with Crippen LogP contribution in [0, 0.1) is 0 Å². The first-order valence-corrected chi connectivity index (χ1v) is 4.85. The number of hydrogen-bond donors (Lipinski definition) is 0. The van der Waals surface area contributed by atoms with Crippen LogP contribution in [0.5, 0.6) is 0 Å². The second-order valence-electron chi connectivity index (χ2n) is 3.18. The topological polar surface area (TPSA) is 19.4 Å². The van der Waals surface area contributed by atoms with E-state index in [2.05, 4.69) is 11.6 Å². The molecule has 0 aromatic carbocycles. The summed E-state index contributed by atoms with van der Waals surface area (Å²) in [4.78, 5) is 9.60. The molecule has 0 atom stereocenters. The molecule has 13 heavy (non-hydrogen) atoms. The molecule has 0 aliphatic carbocycles. The highest BCUT2D eigenvalue weighted by atomic mass is 32.1. The lowest BCUT2D eigenvalue weighted by atomic mass is 10.4. The van der Waals surface area contributed by atoms with E-state index in [4.69, 9.17) is 0 Å². The van der Waals surface area contributed by atoms with Gasteiger partial charge in [-0.1, -0.05) is 17.9 Å². The van der Waals surface area contributed by atoms with Gasteiger partial charge in [0.05, 0.1) is 4.88 Å². The minimum Gasteiger partial charge on any atom is -0.361 e. The lowest BCUT2D eigenvalue weighted by Crippen LogP contribution is -2.12. The smallest absolute Gasteiger partial charge is 0.187 e. The number of rotatable bonds is 3. The second kappa shape index (κ2) is 3.79. The van der Waals surface area contributed by atoms with Crippen LogP contribution in [0.15, 0.2) is 6.58 Å². The van der Waals surface area contributed by atoms with Gasteiger partial charge in [-0.05, 0) is 6.08 Å². The van der Waals surface area contributed by atoms with E-state index < -0.39 is 0 Å². The molecular weight excluding hydrogens is 182 g/mol. The summed E-state index contributed by atoms with van der Waals surface area (Å²) in [6.07, 6.45) is 1.85. The van der Waals surface area contributed by atoms with E-state index in [1.54, 1.807) is 11.3 Å². The molecule has 0 saturated heterocycles. The molecule has 0 N–H and O–H groups in total. The largest absolute Gasteiger partial charge is 0.361 e. The Hall–Kier alpha value is -1.03. The molecule has 0 spiro atoms. The van der Waals surface area contributed by atoms with Gasteiger partial charge in [0.15, 0.2) is 5.13 Å². The molecule has 0 fully saturated rings. The van der Waals surface area contributed by atoms with Crippen LogP contribution in [0.1, 0.15) is 4.88 Å². The van der Waals surface area contributed by atoms with E-state index in [0.717, 1.165) is 15.8 Å². The summed E-state index contributed by atoms with van der Waals surface area (Å²) in [6.45, 7) is 3.77. The van der Waals surface area contributed by atoms with Crippen molar-refractivity contribution in [2.24, 2.45) is 0 Å². The van der Waals surface area contributed by atoms with E-state index in [1.807, 2.05) is 44.1 Å². The van der Waals surface area contributed by atoms with Crippen LogP contribution in [0.25, 0.3) is 6.08 Å². The lowest BCUT2D eigenvalue weighted by molar-refractivity contribution is 1.05. The van der Waals surface area contributed by atoms with Crippen LogP contribution in [0.2, 0.25) is 0 Å². The van der Waals surface area contributed by atoms with Crippen LogP contribution in [-0.4, -0.2) is 33.2 Å². The first kappa shape index (κ1) is 10.1. The minimum atomic E-state index is 0.990. The van der Waals surface area contributed by atoms with Gasteiger partial charge in [-0.25, -0.2) is 4.98 Å². The second-order valence-corrected chi connectivity index (χ2v) is 4.19. The number of thiazole rings is 1. The number of hydrogen-bond acceptors (Lipinski definition) is 4. The third-order valence-corrected chi connectivity index (χ3v) is 2.82. The Kier molecular flexibility index (Phi) is 2.93. The van der Waals surface area contributed by atoms with Crippen molar-refractivity contribution in [3.8, 4) is 0 Å².